The monoisotopic (exact) mass is 288 g/mol. The maximum Gasteiger partial charge on any atom is 0.230 e. The number of hydrogen-bond acceptors (Lipinski definition) is 4. The molecule has 0 atom stereocenters. The Bertz CT molecular complexity index is 244. The van der Waals surface area contributed by atoms with Gasteiger partial charge in [0.25, 0.3) is 0 Å². The van der Waals surface area contributed by atoms with Crippen LogP contribution in [0.1, 0.15) is 39.5 Å². The van der Waals surface area contributed by atoms with E-state index >= 15 is 0 Å². The van der Waals surface area contributed by atoms with Crippen LogP contribution in [-0.2, 0) is 9.53 Å². The summed E-state index contributed by atoms with van der Waals surface area (Å²) < 4.78 is 5.45. The Labute approximate surface area is 121 Å². The zero-order valence-corrected chi connectivity index (χ0v) is 13.1. The lowest BCUT2D eigenvalue weighted by Gasteiger charge is -2.21. The van der Waals surface area contributed by atoms with Crippen LogP contribution in [0.25, 0.3) is 0 Å². The molecule has 1 heterocycles. The molecular weight excluding hydrogens is 260 g/mol. The van der Waals surface area contributed by atoms with E-state index in [9.17, 15) is 4.79 Å². The van der Waals surface area contributed by atoms with Crippen LogP contribution in [0.4, 0.5) is 0 Å². The minimum Gasteiger partial charge on any atom is -0.379 e. The molecular formula is C14H28N2O2S. The second-order valence-corrected chi connectivity index (χ2v) is 6.53. The van der Waals surface area contributed by atoms with Crippen LogP contribution in [0.3, 0.4) is 0 Å². The Morgan fingerprint density at radius 2 is 2.11 bits per heavy atom. The van der Waals surface area contributed by atoms with E-state index in [4.69, 9.17) is 4.74 Å². The van der Waals surface area contributed by atoms with Crippen molar-refractivity contribution in [1.82, 2.24) is 10.6 Å². The summed E-state index contributed by atoms with van der Waals surface area (Å²) in [5.41, 5.74) is 0. The second kappa shape index (κ2) is 10.5. The van der Waals surface area contributed by atoms with Crippen molar-refractivity contribution in [3.8, 4) is 0 Å². The molecule has 0 aromatic rings. The predicted octanol–water partition coefficient (Wildman–Crippen LogP) is 1.79. The third-order valence-corrected chi connectivity index (χ3v) is 4.45. The molecule has 19 heavy (non-hydrogen) atoms. The van der Waals surface area contributed by atoms with E-state index in [2.05, 4.69) is 10.6 Å². The molecule has 1 amide bonds. The topological polar surface area (TPSA) is 50.4 Å². The zero-order valence-electron chi connectivity index (χ0n) is 12.2. The number of hydrogen-bond donors (Lipinski definition) is 2. The zero-order chi connectivity index (χ0) is 13.9. The summed E-state index contributed by atoms with van der Waals surface area (Å²) in [6, 6.07) is 0. The van der Waals surface area contributed by atoms with E-state index in [-0.39, 0.29) is 5.91 Å². The Balaban J connectivity index is 1.90. The number of carbonyl (C=O) groups is 1. The van der Waals surface area contributed by atoms with Crippen LogP contribution in [0.2, 0.25) is 0 Å². The Hall–Kier alpha value is -0.260. The third-order valence-electron chi connectivity index (χ3n) is 3.08. The maximum absolute atomic E-state index is 11.6. The summed E-state index contributed by atoms with van der Waals surface area (Å²) in [5.74, 6) is 0.779. The summed E-state index contributed by atoms with van der Waals surface area (Å²) in [7, 11) is 0. The Morgan fingerprint density at radius 1 is 1.37 bits per heavy atom. The first-order valence-electron chi connectivity index (χ1n) is 7.39. The number of unbranched alkanes of at least 4 members (excludes halogenated alkanes) is 1. The second-order valence-electron chi connectivity index (χ2n) is 5.24. The molecule has 4 nitrogen and oxygen atoms in total. The van der Waals surface area contributed by atoms with Gasteiger partial charge in [0, 0.05) is 18.4 Å². The van der Waals surface area contributed by atoms with Gasteiger partial charge in [-0.05, 0) is 52.6 Å². The van der Waals surface area contributed by atoms with Gasteiger partial charge in [0.05, 0.1) is 11.9 Å². The lowest BCUT2D eigenvalue weighted by molar-refractivity contribution is -0.118. The van der Waals surface area contributed by atoms with Crippen LogP contribution in [0.5, 0.6) is 0 Å². The fraction of sp³-hybridized carbons (Fsp3) is 0.929. The van der Waals surface area contributed by atoms with Crippen LogP contribution in [0.15, 0.2) is 0 Å². The first-order chi connectivity index (χ1) is 9.18. The molecule has 5 heteroatoms. The molecule has 0 aliphatic carbocycles. The van der Waals surface area contributed by atoms with Crippen molar-refractivity contribution < 1.29 is 9.53 Å². The standard InChI is InChI=1S/C14H28N2O2S/c1-12(2)18-10-4-3-7-16-14(17)11-19-13-5-8-15-9-6-13/h12-13,15H,3-11H2,1-2H3,(H,16,17). The van der Waals surface area contributed by atoms with E-state index in [1.165, 1.54) is 12.8 Å². The van der Waals surface area contributed by atoms with Crippen molar-refractivity contribution in [1.29, 1.82) is 0 Å². The molecule has 0 unspecified atom stereocenters. The van der Waals surface area contributed by atoms with Crippen molar-refractivity contribution in [2.75, 3.05) is 32.0 Å². The van der Waals surface area contributed by atoms with Crippen molar-refractivity contribution in [3.63, 3.8) is 0 Å². The number of thioether (sulfide) groups is 1. The minimum atomic E-state index is 0.174. The SMILES string of the molecule is CC(C)OCCCCNC(=O)CSC1CCNCC1. The van der Waals surface area contributed by atoms with Crippen LogP contribution < -0.4 is 10.6 Å². The summed E-state index contributed by atoms with van der Waals surface area (Å²) in [6.07, 6.45) is 4.68. The average Bonchev–Trinajstić information content (AvgIpc) is 2.41. The molecule has 1 rings (SSSR count). The minimum absolute atomic E-state index is 0.174. The molecule has 1 aliphatic heterocycles. The predicted molar refractivity (Wildman–Crippen MR) is 81.7 cm³/mol. The van der Waals surface area contributed by atoms with Gasteiger partial charge >= 0.3 is 0 Å². The number of piperidine rings is 1. The van der Waals surface area contributed by atoms with Crippen molar-refractivity contribution >= 4 is 17.7 Å². The summed E-state index contributed by atoms with van der Waals surface area (Å²) in [5, 5.41) is 6.98. The van der Waals surface area contributed by atoms with E-state index in [1.54, 1.807) is 11.8 Å². The molecule has 0 aromatic carbocycles. The number of nitrogens with one attached hydrogen (secondary N) is 2. The molecule has 1 saturated heterocycles. The lowest BCUT2D eigenvalue weighted by atomic mass is 10.2. The quantitative estimate of drug-likeness (QED) is 0.635. The number of carbonyl (C=O) groups excluding carboxylic acids is 1. The molecule has 1 fully saturated rings. The van der Waals surface area contributed by atoms with Crippen LogP contribution >= 0.6 is 11.8 Å². The Morgan fingerprint density at radius 3 is 2.79 bits per heavy atom. The molecule has 0 saturated carbocycles. The van der Waals surface area contributed by atoms with E-state index in [0.29, 0.717) is 17.1 Å². The molecule has 2 N–H and O–H groups in total. The fourth-order valence-electron chi connectivity index (χ4n) is 1.98. The van der Waals surface area contributed by atoms with Crippen molar-refractivity contribution in [2.45, 2.75) is 50.9 Å². The lowest BCUT2D eigenvalue weighted by Crippen LogP contribution is -2.31. The summed E-state index contributed by atoms with van der Waals surface area (Å²) in [6.45, 7) is 7.83. The highest BCUT2D eigenvalue weighted by Gasteiger charge is 2.14. The molecule has 0 bridgehead atoms. The largest absolute Gasteiger partial charge is 0.379 e. The first kappa shape index (κ1) is 16.8. The van der Waals surface area contributed by atoms with Crippen LogP contribution in [-0.4, -0.2) is 49.3 Å². The van der Waals surface area contributed by atoms with Gasteiger partial charge in [0.15, 0.2) is 0 Å². The van der Waals surface area contributed by atoms with E-state index < -0.39 is 0 Å². The number of amides is 1. The smallest absolute Gasteiger partial charge is 0.230 e. The van der Waals surface area contributed by atoms with Gasteiger partial charge in [-0.1, -0.05) is 0 Å². The van der Waals surface area contributed by atoms with Gasteiger partial charge in [0.1, 0.15) is 0 Å². The highest BCUT2D eigenvalue weighted by Crippen LogP contribution is 2.19. The molecule has 112 valence electrons. The summed E-state index contributed by atoms with van der Waals surface area (Å²) in [4.78, 5) is 11.6. The average molecular weight is 288 g/mol. The van der Waals surface area contributed by atoms with Gasteiger partial charge in [-0.3, -0.25) is 4.79 Å². The number of rotatable bonds is 9. The highest BCUT2D eigenvalue weighted by atomic mass is 32.2. The summed E-state index contributed by atoms with van der Waals surface area (Å²) >= 11 is 1.80. The maximum atomic E-state index is 11.6. The molecule has 0 spiro atoms. The van der Waals surface area contributed by atoms with Gasteiger partial charge in [0.2, 0.25) is 5.91 Å². The fourth-order valence-corrected chi connectivity index (χ4v) is 3.04. The van der Waals surface area contributed by atoms with Gasteiger partial charge in [-0.2, -0.15) is 0 Å². The first-order valence-corrected chi connectivity index (χ1v) is 8.44. The van der Waals surface area contributed by atoms with E-state index in [0.717, 1.165) is 39.1 Å². The Kier molecular flexibility index (Phi) is 9.30. The molecule has 0 aromatic heterocycles. The van der Waals surface area contributed by atoms with Gasteiger partial charge in [-0.15, -0.1) is 11.8 Å². The molecule has 1 aliphatic rings. The van der Waals surface area contributed by atoms with Gasteiger partial charge in [-0.25, -0.2) is 0 Å². The highest BCUT2D eigenvalue weighted by molar-refractivity contribution is 8.00. The third kappa shape index (κ3) is 9.30. The normalized spacial score (nSPS) is 16.8. The van der Waals surface area contributed by atoms with Crippen LogP contribution in [0, 0.1) is 0 Å². The number of ether oxygens (including phenoxy) is 1. The van der Waals surface area contributed by atoms with E-state index in [1.807, 2.05) is 13.8 Å². The van der Waals surface area contributed by atoms with Crippen molar-refractivity contribution in [2.24, 2.45) is 0 Å². The van der Waals surface area contributed by atoms with Crippen molar-refractivity contribution in [3.05, 3.63) is 0 Å². The molecule has 0 radical (unpaired) electrons. The van der Waals surface area contributed by atoms with Gasteiger partial charge < -0.3 is 15.4 Å².